The van der Waals surface area contributed by atoms with E-state index in [1.165, 1.54) is 23.3 Å². The molecule has 1 N–H and O–H groups in total. The highest BCUT2D eigenvalue weighted by Gasteiger charge is 2.33. The van der Waals surface area contributed by atoms with E-state index in [1.807, 2.05) is 0 Å². The molecule has 0 unspecified atom stereocenters. The first-order valence-electron chi connectivity index (χ1n) is 8.00. The molecule has 1 fully saturated rings. The zero-order valence-corrected chi connectivity index (χ0v) is 15.8. The Hall–Kier alpha value is -2.59. The standard InChI is InChI=1S/C18H13F3N2O3S2/c19-18(20,21)11-3-1-4-12(9-11)22-15(24)6-7-23-16(25)14(28-17(23)27)10-13-5-2-8-26-13/h1-5,8-10H,6-7H2,(H,22,24)/b14-10-. The molecule has 1 aliphatic rings. The highest BCUT2D eigenvalue weighted by atomic mass is 32.2. The molecule has 0 saturated carbocycles. The third-order valence-corrected chi connectivity index (χ3v) is 5.10. The first-order valence-corrected chi connectivity index (χ1v) is 9.22. The first-order chi connectivity index (χ1) is 13.2. The number of thiocarbonyl (C=S) groups is 1. The molecule has 0 aliphatic carbocycles. The van der Waals surface area contributed by atoms with Crippen molar-refractivity contribution in [1.29, 1.82) is 0 Å². The van der Waals surface area contributed by atoms with Gasteiger partial charge in [-0.05, 0) is 30.3 Å². The molecule has 2 amide bonds. The number of benzene rings is 1. The number of rotatable bonds is 5. The molecule has 0 spiro atoms. The summed E-state index contributed by atoms with van der Waals surface area (Å²) < 4.78 is 43.7. The molecular formula is C18H13F3N2O3S2. The number of anilines is 1. The average molecular weight is 426 g/mol. The van der Waals surface area contributed by atoms with Crippen molar-refractivity contribution >= 4 is 51.9 Å². The van der Waals surface area contributed by atoms with Crippen LogP contribution in [0.4, 0.5) is 18.9 Å². The van der Waals surface area contributed by atoms with Gasteiger partial charge in [0.05, 0.1) is 16.7 Å². The number of hydrogen-bond acceptors (Lipinski definition) is 5. The number of halogens is 3. The van der Waals surface area contributed by atoms with Crippen LogP contribution in [0.15, 0.2) is 52.0 Å². The van der Waals surface area contributed by atoms with Gasteiger partial charge in [-0.15, -0.1) is 0 Å². The average Bonchev–Trinajstić information content (AvgIpc) is 3.22. The van der Waals surface area contributed by atoms with Crippen molar-refractivity contribution in [1.82, 2.24) is 4.90 Å². The van der Waals surface area contributed by atoms with Crippen molar-refractivity contribution in [2.24, 2.45) is 0 Å². The van der Waals surface area contributed by atoms with Crippen LogP contribution in [0.2, 0.25) is 0 Å². The van der Waals surface area contributed by atoms with E-state index in [-0.39, 0.29) is 24.6 Å². The van der Waals surface area contributed by atoms with Gasteiger partial charge < -0.3 is 9.73 Å². The number of furan rings is 1. The monoisotopic (exact) mass is 426 g/mol. The summed E-state index contributed by atoms with van der Waals surface area (Å²) in [7, 11) is 0. The minimum absolute atomic E-state index is 0.0188. The smallest absolute Gasteiger partial charge is 0.416 e. The normalized spacial score (nSPS) is 16.1. The molecule has 1 aromatic heterocycles. The highest BCUT2D eigenvalue weighted by Crippen LogP contribution is 2.33. The fourth-order valence-corrected chi connectivity index (χ4v) is 3.69. The van der Waals surface area contributed by atoms with Crippen molar-refractivity contribution in [3.05, 3.63) is 58.9 Å². The number of hydrogen-bond donors (Lipinski definition) is 1. The Morgan fingerprint density at radius 1 is 1.29 bits per heavy atom. The molecule has 1 aromatic carbocycles. The van der Waals surface area contributed by atoms with E-state index in [1.54, 1.807) is 18.2 Å². The molecular weight excluding hydrogens is 413 g/mol. The maximum Gasteiger partial charge on any atom is 0.416 e. The Morgan fingerprint density at radius 3 is 2.75 bits per heavy atom. The predicted molar refractivity (Wildman–Crippen MR) is 103 cm³/mol. The van der Waals surface area contributed by atoms with Crippen molar-refractivity contribution in [2.45, 2.75) is 12.6 Å². The number of nitrogens with one attached hydrogen (secondary N) is 1. The van der Waals surface area contributed by atoms with Crippen LogP contribution in [0.3, 0.4) is 0 Å². The lowest BCUT2D eigenvalue weighted by atomic mass is 10.2. The van der Waals surface area contributed by atoms with Crippen LogP contribution in [0.25, 0.3) is 6.08 Å². The summed E-state index contributed by atoms with van der Waals surface area (Å²) in [6.07, 6.45) is -1.58. The fourth-order valence-electron chi connectivity index (χ4n) is 2.41. The number of carbonyl (C=O) groups excluding carboxylic acids is 2. The second-order valence-electron chi connectivity index (χ2n) is 5.73. The zero-order chi connectivity index (χ0) is 20.3. The Morgan fingerprint density at radius 2 is 2.07 bits per heavy atom. The minimum atomic E-state index is -4.50. The van der Waals surface area contributed by atoms with Crippen LogP contribution in [0.1, 0.15) is 17.7 Å². The molecule has 0 bridgehead atoms. The largest absolute Gasteiger partial charge is 0.465 e. The molecule has 0 atom stereocenters. The van der Waals surface area contributed by atoms with Gasteiger partial charge in [0.25, 0.3) is 5.91 Å². The highest BCUT2D eigenvalue weighted by molar-refractivity contribution is 8.26. The number of thioether (sulfide) groups is 1. The Labute approximate surface area is 167 Å². The third-order valence-electron chi connectivity index (χ3n) is 3.73. The van der Waals surface area contributed by atoms with E-state index in [4.69, 9.17) is 16.6 Å². The van der Waals surface area contributed by atoms with Crippen molar-refractivity contribution < 1.29 is 27.2 Å². The quantitative estimate of drug-likeness (QED) is 0.562. The van der Waals surface area contributed by atoms with Gasteiger partial charge in [0.2, 0.25) is 5.91 Å². The zero-order valence-electron chi connectivity index (χ0n) is 14.2. The van der Waals surface area contributed by atoms with Gasteiger partial charge in [-0.25, -0.2) is 0 Å². The van der Waals surface area contributed by atoms with Gasteiger partial charge in [-0.3, -0.25) is 14.5 Å². The Kier molecular flexibility index (Phi) is 5.90. The van der Waals surface area contributed by atoms with Gasteiger partial charge in [0.15, 0.2) is 0 Å². The molecule has 28 heavy (non-hydrogen) atoms. The van der Waals surface area contributed by atoms with Crippen LogP contribution in [-0.2, 0) is 15.8 Å². The number of alkyl halides is 3. The summed E-state index contributed by atoms with van der Waals surface area (Å²) in [6, 6.07) is 7.71. The van der Waals surface area contributed by atoms with E-state index >= 15 is 0 Å². The molecule has 2 aromatic rings. The lowest BCUT2D eigenvalue weighted by molar-refractivity contribution is -0.137. The molecule has 0 radical (unpaired) electrons. The van der Waals surface area contributed by atoms with E-state index in [0.717, 1.165) is 23.9 Å². The van der Waals surface area contributed by atoms with Gasteiger partial charge in [0, 0.05) is 24.7 Å². The lowest BCUT2D eigenvalue weighted by Gasteiger charge is -2.14. The molecule has 1 saturated heterocycles. The van der Waals surface area contributed by atoms with Crippen molar-refractivity contribution in [2.75, 3.05) is 11.9 Å². The predicted octanol–water partition coefficient (Wildman–Crippen LogP) is 4.53. The van der Waals surface area contributed by atoms with Crippen LogP contribution in [0, 0.1) is 0 Å². The molecule has 1 aliphatic heterocycles. The van der Waals surface area contributed by atoms with Crippen LogP contribution in [-0.4, -0.2) is 27.6 Å². The summed E-state index contributed by atoms with van der Waals surface area (Å²) >= 11 is 6.26. The summed E-state index contributed by atoms with van der Waals surface area (Å²) in [5, 5.41) is 2.40. The van der Waals surface area contributed by atoms with Gasteiger partial charge in [0.1, 0.15) is 10.1 Å². The maximum atomic E-state index is 12.7. The van der Waals surface area contributed by atoms with Gasteiger partial charge in [-0.2, -0.15) is 13.2 Å². The van der Waals surface area contributed by atoms with Crippen LogP contribution in [0.5, 0.6) is 0 Å². The SMILES string of the molecule is O=C(CCN1C(=O)/C(=C/c2ccco2)SC1=S)Nc1cccc(C(F)(F)F)c1. The molecule has 3 rings (SSSR count). The molecule has 2 heterocycles. The van der Waals surface area contributed by atoms with Crippen LogP contribution >= 0.6 is 24.0 Å². The van der Waals surface area contributed by atoms with E-state index < -0.39 is 17.6 Å². The number of carbonyl (C=O) groups is 2. The second-order valence-corrected chi connectivity index (χ2v) is 7.40. The third kappa shape index (κ3) is 4.82. The number of amides is 2. The van der Waals surface area contributed by atoms with E-state index in [2.05, 4.69) is 5.32 Å². The summed E-state index contributed by atoms with van der Waals surface area (Å²) in [6.45, 7) is 0.0188. The van der Waals surface area contributed by atoms with Crippen molar-refractivity contribution in [3.8, 4) is 0 Å². The van der Waals surface area contributed by atoms with Gasteiger partial charge in [-0.1, -0.05) is 30.0 Å². The topological polar surface area (TPSA) is 62.6 Å². The maximum absolute atomic E-state index is 12.7. The molecule has 10 heteroatoms. The number of nitrogens with zero attached hydrogens (tertiary/aromatic N) is 1. The Bertz CT molecular complexity index is 940. The second kappa shape index (κ2) is 8.19. The van der Waals surface area contributed by atoms with Crippen molar-refractivity contribution in [3.63, 3.8) is 0 Å². The lowest BCUT2D eigenvalue weighted by Crippen LogP contribution is -2.31. The minimum Gasteiger partial charge on any atom is -0.465 e. The van der Waals surface area contributed by atoms with E-state index in [0.29, 0.717) is 15.0 Å². The first kappa shape index (κ1) is 20.2. The molecule has 146 valence electrons. The summed E-state index contributed by atoms with van der Waals surface area (Å²) in [4.78, 5) is 26.1. The van der Waals surface area contributed by atoms with Crippen LogP contribution < -0.4 is 5.32 Å². The molecule has 5 nitrogen and oxygen atoms in total. The summed E-state index contributed by atoms with van der Waals surface area (Å²) in [5.41, 5.74) is -0.826. The summed E-state index contributed by atoms with van der Waals surface area (Å²) in [5.74, 6) is -0.371. The van der Waals surface area contributed by atoms with E-state index in [9.17, 15) is 22.8 Å². The Balaban J connectivity index is 1.59. The van der Waals surface area contributed by atoms with Gasteiger partial charge >= 0.3 is 6.18 Å². The fraction of sp³-hybridized carbons (Fsp3) is 0.167.